The molecule has 2 aromatic heterocycles. The highest BCUT2D eigenvalue weighted by Crippen LogP contribution is 2.43. The SMILES string of the molecule is Cc1ccc(-c2nc(OC(=O)NCC(O)(C(F)(F)F)C(F)(F)F)c(N)cc2C(F)(F)F)cn1. The van der Waals surface area contributed by atoms with E-state index in [0.717, 1.165) is 11.5 Å². The van der Waals surface area contributed by atoms with Crippen molar-refractivity contribution in [3.05, 3.63) is 35.7 Å². The average Bonchev–Trinajstić information content (AvgIpc) is 2.65. The van der Waals surface area contributed by atoms with E-state index < -0.39 is 59.6 Å². The number of nitrogens with zero attached hydrogens (tertiary/aromatic N) is 2. The van der Waals surface area contributed by atoms with E-state index in [1.54, 1.807) is 0 Å². The Morgan fingerprint density at radius 3 is 2.12 bits per heavy atom. The van der Waals surface area contributed by atoms with Crippen LogP contribution in [0.3, 0.4) is 0 Å². The zero-order valence-corrected chi connectivity index (χ0v) is 16.2. The summed E-state index contributed by atoms with van der Waals surface area (Å²) in [5, 5.41) is 10.0. The summed E-state index contributed by atoms with van der Waals surface area (Å²) in [6.07, 6.45) is -18.4. The zero-order chi connectivity index (χ0) is 25.4. The molecular formula is C17H13F9N4O3. The van der Waals surface area contributed by atoms with E-state index in [1.165, 1.54) is 19.1 Å². The molecule has 0 fully saturated rings. The molecule has 0 saturated carbocycles. The lowest BCUT2D eigenvalue weighted by molar-refractivity contribution is -0.364. The van der Waals surface area contributed by atoms with Crippen LogP contribution in [-0.4, -0.2) is 45.7 Å². The maximum absolute atomic E-state index is 13.4. The summed E-state index contributed by atoms with van der Waals surface area (Å²) in [6.45, 7) is -0.874. The fourth-order valence-corrected chi connectivity index (χ4v) is 2.32. The molecule has 2 aromatic rings. The predicted octanol–water partition coefficient (Wildman–Crippen LogP) is 4.00. The van der Waals surface area contributed by atoms with Gasteiger partial charge in [0.2, 0.25) is 5.88 Å². The number of hydrogen-bond donors (Lipinski definition) is 3. The van der Waals surface area contributed by atoms with Gasteiger partial charge in [0.25, 0.3) is 5.60 Å². The van der Waals surface area contributed by atoms with Crippen LogP contribution in [0.1, 0.15) is 11.3 Å². The second-order valence-corrected chi connectivity index (χ2v) is 6.56. The number of alkyl halides is 9. The number of ether oxygens (including phenoxy) is 1. The summed E-state index contributed by atoms with van der Waals surface area (Å²) in [7, 11) is 0. The van der Waals surface area contributed by atoms with Crippen molar-refractivity contribution in [2.75, 3.05) is 12.3 Å². The molecule has 0 aromatic carbocycles. The van der Waals surface area contributed by atoms with E-state index in [-0.39, 0.29) is 5.56 Å². The second kappa shape index (κ2) is 8.57. The van der Waals surface area contributed by atoms with Gasteiger partial charge in [0.15, 0.2) is 0 Å². The van der Waals surface area contributed by atoms with Crippen LogP contribution < -0.4 is 15.8 Å². The highest BCUT2D eigenvalue weighted by molar-refractivity contribution is 5.74. The Balaban J connectivity index is 2.37. The fraction of sp³-hybridized carbons (Fsp3) is 0.353. The van der Waals surface area contributed by atoms with Crippen molar-refractivity contribution in [3.63, 3.8) is 0 Å². The van der Waals surface area contributed by atoms with Gasteiger partial charge in [0, 0.05) is 17.5 Å². The van der Waals surface area contributed by atoms with Crippen molar-refractivity contribution in [1.29, 1.82) is 0 Å². The van der Waals surface area contributed by atoms with Gasteiger partial charge in [0.05, 0.1) is 23.5 Å². The molecule has 0 spiro atoms. The second-order valence-electron chi connectivity index (χ2n) is 6.56. The third-order valence-corrected chi connectivity index (χ3v) is 4.12. The molecule has 4 N–H and O–H groups in total. The summed E-state index contributed by atoms with van der Waals surface area (Å²) in [4.78, 5) is 19.0. The molecule has 0 saturated heterocycles. The maximum Gasteiger partial charge on any atom is 0.428 e. The molecule has 182 valence electrons. The predicted molar refractivity (Wildman–Crippen MR) is 92.7 cm³/mol. The number of pyridine rings is 2. The minimum Gasteiger partial charge on any atom is -0.394 e. The van der Waals surface area contributed by atoms with Crippen LogP contribution in [0, 0.1) is 6.92 Å². The number of nitrogens with one attached hydrogen (secondary N) is 1. The van der Waals surface area contributed by atoms with Gasteiger partial charge in [-0.05, 0) is 25.1 Å². The molecule has 7 nitrogen and oxygen atoms in total. The number of nitrogens with two attached hydrogens (primary N) is 1. The van der Waals surface area contributed by atoms with E-state index >= 15 is 0 Å². The van der Waals surface area contributed by atoms with Gasteiger partial charge in [-0.1, -0.05) is 0 Å². The van der Waals surface area contributed by atoms with Gasteiger partial charge < -0.3 is 20.9 Å². The summed E-state index contributed by atoms with van der Waals surface area (Å²) in [6, 6.07) is 2.83. The lowest BCUT2D eigenvalue weighted by Crippen LogP contribution is -2.63. The summed E-state index contributed by atoms with van der Waals surface area (Å²) in [5.74, 6) is -1.04. The Morgan fingerprint density at radius 2 is 1.67 bits per heavy atom. The molecule has 33 heavy (non-hydrogen) atoms. The lowest BCUT2D eigenvalue weighted by Gasteiger charge is -2.32. The third kappa shape index (κ3) is 5.55. The molecule has 0 aliphatic heterocycles. The van der Waals surface area contributed by atoms with Crippen LogP contribution in [0.4, 0.5) is 50.0 Å². The van der Waals surface area contributed by atoms with Crippen LogP contribution in [0.2, 0.25) is 0 Å². The molecule has 0 atom stereocenters. The number of carbonyl (C=O) groups excluding carboxylic acids is 1. The van der Waals surface area contributed by atoms with Crippen molar-refractivity contribution in [2.24, 2.45) is 0 Å². The number of aryl methyl sites for hydroxylation is 1. The quantitative estimate of drug-likeness (QED) is 0.557. The van der Waals surface area contributed by atoms with Gasteiger partial charge >= 0.3 is 24.6 Å². The molecule has 0 radical (unpaired) electrons. The highest BCUT2D eigenvalue weighted by atomic mass is 19.4. The highest BCUT2D eigenvalue weighted by Gasteiger charge is 2.70. The van der Waals surface area contributed by atoms with E-state index in [1.807, 2.05) is 0 Å². The van der Waals surface area contributed by atoms with Crippen molar-refractivity contribution in [2.45, 2.75) is 31.1 Å². The average molecular weight is 492 g/mol. The Kier molecular flexibility index (Phi) is 6.74. The molecule has 2 rings (SSSR count). The molecule has 0 aliphatic carbocycles. The van der Waals surface area contributed by atoms with Crippen LogP contribution in [0.5, 0.6) is 5.88 Å². The zero-order valence-electron chi connectivity index (χ0n) is 16.2. The van der Waals surface area contributed by atoms with E-state index in [0.29, 0.717) is 11.8 Å². The number of nitrogen functional groups attached to an aromatic ring is 1. The topological polar surface area (TPSA) is 110 Å². The standard InChI is InChI=1S/C17H13F9N4O3/c1-7-2-3-8(5-28-7)11-9(15(18,19)20)4-10(27)12(30-11)33-13(31)29-6-14(32,16(21,22)23)17(24,25)26/h2-5,32H,6,27H2,1H3,(H,29,31). The van der Waals surface area contributed by atoms with Crippen LogP contribution >= 0.6 is 0 Å². The smallest absolute Gasteiger partial charge is 0.394 e. The first-order chi connectivity index (χ1) is 14.9. The monoisotopic (exact) mass is 492 g/mol. The number of amides is 1. The summed E-state index contributed by atoms with van der Waals surface area (Å²) < 4.78 is 121. The lowest BCUT2D eigenvalue weighted by atomic mass is 10.0. The number of hydrogen-bond acceptors (Lipinski definition) is 6. The molecule has 0 aliphatic rings. The number of aromatic nitrogens is 2. The van der Waals surface area contributed by atoms with Gasteiger partial charge in [-0.2, -0.15) is 39.5 Å². The van der Waals surface area contributed by atoms with Gasteiger partial charge in [0.1, 0.15) is 0 Å². The normalized spacial score (nSPS) is 13.1. The first-order valence-electron chi connectivity index (χ1n) is 8.49. The van der Waals surface area contributed by atoms with Gasteiger partial charge in [-0.15, -0.1) is 0 Å². The third-order valence-electron chi connectivity index (χ3n) is 4.12. The Labute approximate surface area is 178 Å². The summed E-state index contributed by atoms with van der Waals surface area (Å²) in [5.41, 5.74) is -2.83. The van der Waals surface area contributed by atoms with Crippen molar-refractivity contribution < 1.29 is 54.2 Å². The Hall–Kier alpha value is -3.30. The molecule has 16 heteroatoms. The number of anilines is 1. The molecular weight excluding hydrogens is 479 g/mol. The number of carbonyl (C=O) groups is 1. The fourth-order valence-electron chi connectivity index (χ4n) is 2.32. The van der Waals surface area contributed by atoms with Gasteiger partial charge in [-0.25, -0.2) is 9.78 Å². The molecule has 1 amide bonds. The van der Waals surface area contributed by atoms with Crippen LogP contribution in [0.25, 0.3) is 11.3 Å². The first kappa shape index (κ1) is 26.0. The minimum atomic E-state index is -6.23. The number of aliphatic hydroxyl groups is 1. The Bertz CT molecular complexity index is 1000. The van der Waals surface area contributed by atoms with E-state index in [2.05, 4.69) is 14.7 Å². The molecule has 0 unspecified atom stereocenters. The first-order valence-corrected chi connectivity index (χ1v) is 8.49. The maximum atomic E-state index is 13.4. The largest absolute Gasteiger partial charge is 0.428 e. The van der Waals surface area contributed by atoms with Crippen molar-refractivity contribution >= 4 is 11.8 Å². The van der Waals surface area contributed by atoms with Crippen LogP contribution in [-0.2, 0) is 6.18 Å². The minimum absolute atomic E-state index is 0.207. The number of halogens is 9. The number of rotatable bonds is 4. The molecule has 0 bridgehead atoms. The summed E-state index contributed by atoms with van der Waals surface area (Å²) >= 11 is 0. The Morgan fingerprint density at radius 1 is 1.09 bits per heavy atom. The van der Waals surface area contributed by atoms with Crippen LogP contribution in [0.15, 0.2) is 24.4 Å². The van der Waals surface area contributed by atoms with Crippen molar-refractivity contribution in [1.82, 2.24) is 15.3 Å². The molecule has 2 heterocycles. The van der Waals surface area contributed by atoms with Crippen molar-refractivity contribution in [3.8, 4) is 17.1 Å². The van der Waals surface area contributed by atoms with Gasteiger partial charge in [-0.3, -0.25) is 4.98 Å². The van der Waals surface area contributed by atoms with E-state index in [4.69, 9.17) is 10.8 Å². The van der Waals surface area contributed by atoms with E-state index in [9.17, 15) is 44.3 Å².